The lowest BCUT2D eigenvalue weighted by Gasteiger charge is -2.18. The molecule has 0 amide bonds. The molecule has 220 valence electrons. The number of hydrogen-bond acceptors (Lipinski definition) is 8. The van der Waals surface area contributed by atoms with Crippen LogP contribution in [0.2, 0.25) is 0 Å². The molecule has 0 aliphatic carbocycles. The molecule has 9 nitrogen and oxygen atoms in total. The number of fused-ring (bicyclic) bond motifs is 2. The number of benzene rings is 4. The van der Waals surface area contributed by atoms with Crippen LogP contribution in [0.4, 0.5) is 11.8 Å². The van der Waals surface area contributed by atoms with Crippen LogP contribution in [0.15, 0.2) is 109 Å². The van der Waals surface area contributed by atoms with E-state index in [9.17, 15) is 5.11 Å². The Morgan fingerprint density at radius 1 is 0.773 bits per heavy atom. The molecule has 0 spiro atoms. The van der Waals surface area contributed by atoms with Gasteiger partial charge in [-0.25, -0.2) is 4.98 Å². The second-order valence-electron chi connectivity index (χ2n) is 10.8. The summed E-state index contributed by atoms with van der Waals surface area (Å²) in [5.41, 5.74) is 6.95. The van der Waals surface area contributed by atoms with Crippen LogP contribution in [-0.2, 0) is 19.5 Å². The molecule has 0 saturated carbocycles. The van der Waals surface area contributed by atoms with Gasteiger partial charge in [-0.1, -0.05) is 91.0 Å². The van der Waals surface area contributed by atoms with Crippen molar-refractivity contribution in [2.24, 2.45) is 0 Å². The second kappa shape index (κ2) is 12.4. The Morgan fingerprint density at radius 3 is 2.30 bits per heavy atom. The Morgan fingerprint density at radius 2 is 1.50 bits per heavy atom. The molecule has 0 unspecified atom stereocenters. The van der Waals surface area contributed by atoms with Gasteiger partial charge in [0.25, 0.3) is 0 Å². The summed E-state index contributed by atoms with van der Waals surface area (Å²) in [5.74, 6) is 2.49. The number of imidazole rings is 1. The van der Waals surface area contributed by atoms with E-state index in [2.05, 4.69) is 59.2 Å². The number of aromatic nitrogens is 4. The number of aliphatic hydroxyl groups is 1. The molecule has 2 aromatic heterocycles. The van der Waals surface area contributed by atoms with Crippen molar-refractivity contribution in [1.82, 2.24) is 19.5 Å². The molecule has 1 atom stereocenters. The fourth-order valence-electron chi connectivity index (χ4n) is 5.35. The minimum absolute atomic E-state index is 0.0607. The van der Waals surface area contributed by atoms with E-state index in [0.717, 1.165) is 28.2 Å². The molecule has 1 aliphatic rings. The number of aliphatic hydroxyl groups excluding tert-OH is 1. The van der Waals surface area contributed by atoms with Gasteiger partial charge in [0.2, 0.25) is 12.7 Å². The minimum Gasteiger partial charge on any atom is -0.454 e. The van der Waals surface area contributed by atoms with Crippen molar-refractivity contribution in [3.8, 4) is 22.6 Å². The van der Waals surface area contributed by atoms with Crippen LogP contribution in [0.1, 0.15) is 16.7 Å². The zero-order valence-corrected chi connectivity index (χ0v) is 24.1. The first-order valence-electron chi connectivity index (χ1n) is 14.6. The standard InChI is InChI=1S/C35H32N6O3/c42-21-29(17-24-7-3-1-4-8-24)38-33-32-34(40-35(39-33)36-19-26-13-16-30-31(18-26)44-23-43-30)41(22-37-32)20-25-11-14-28(15-12-25)27-9-5-2-6-10-27/h1-16,18,22,29,42H,17,19-21,23H2,(H2,36,38,39,40)/t29-/m0/s1. The van der Waals surface area contributed by atoms with Crippen molar-refractivity contribution in [3.05, 3.63) is 126 Å². The number of nitrogens with zero attached hydrogens (tertiary/aromatic N) is 4. The van der Waals surface area contributed by atoms with Gasteiger partial charge in [-0.15, -0.1) is 0 Å². The second-order valence-corrected chi connectivity index (χ2v) is 10.8. The predicted molar refractivity (Wildman–Crippen MR) is 171 cm³/mol. The molecule has 0 bridgehead atoms. The fourth-order valence-corrected chi connectivity index (χ4v) is 5.35. The van der Waals surface area contributed by atoms with E-state index in [-0.39, 0.29) is 19.4 Å². The molecule has 1 aliphatic heterocycles. The van der Waals surface area contributed by atoms with Gasteiger partial charge >= 0.3 is 0 Å². The highest BCUT2D eigenvalue weighted by atomic mass is 16.7. The first kappa shape index (κ1) is 27.4. The number of ether oxygens (including phenoxy) is 2. The zero-order valence-electron chi connectivity index (χ0n) is 24.1. The summed E-state index contributed by atoms with van der Waals surface area (Å²) in [7, 11) is 0. The van der Waals surface area contributed by atoms with Crippen LogP contribution in [-0.4, -0.2) is 44.1 Å². The van der Waals surface area contributed by atoms with Gasteiger partial charge in [0.1, 0.15) is 0 Å². The van der Waals surface area contributed by atoms with Crippen molar-refractivity contribution in [2.45, 2.75) is 25.6 Å². The molecule has 7 rings (SSSR count). The van der Waals surface area contributed by atoms with Crippen LogP contribution in [0, 0.1) is 0 Å². The van der Waals surface area contributed by atoms with E-state index in [0.29, 0.717) is 42.4 Å². The number of rotatable bonds is 11. The van der Waals surface area contributed by atoms with E-state index in [1.165, 1.54) is 11.1 Å². The molecule has 44 heavy (non-hydrogen) atoms. The van der Waals surface area contributed by atoms with E-state index < -0.39 is 0 Å². The van der Waals surface area contributed by atoms with Gasteiger partial charge in [0, 0.05) is 6.54 Å². The summed E-state index contributed by atoms with van der Waals surface area (Å²) in [6.07, 6.45) is 2.43. The Kier molecular flexibility index (Phi) is 7.76. The molecular formula is C35H32N6O3. The maximum atomic E-state index is 10.3. The average molecular weight is 585 g/mol. The third-order valence-electron chi connectivity index (χ3n) is 7.65. The maximum absolute atomic E-state index is 10.3. The van der Waals surface area contributed by atoms with E-state index >= 15 is 0 Å². The topological polar surface area (TPSA) is 106 Å². The number of hydrogen-bond donors (Lipinski definition) is 3. The third kappa shape index (κ3) is 6.04. The first-order chi connectivity index (χ1) is 21.7. The molecule has 0 fully saturated rings. The fraction of sp³-hybridized carbons (Fsp3) is 0.171. The average Bonchev–Trinajstić information content (AvgIpc) is 3.71. The van der Waals surface area contributed by atoms with Crippen LogP contribution in [0.3, 0.4) is 0 Å². The molecule has 0 saturated heterocycles. The Balaban J connectivity index is 1.17. The highest BCUT2D eigenvalue weighted by Crippen LogP contribution is 2.33. The lowest BCUT2D eigenvalue weighted by Crippen LogP contribution is -2.27. The van der Waals surface area contributed by atoms with Crippen LogP contribution >= 0.6 is 0 Å². The van der Waals surface area contributed by atoms with Crippen LogP contribution < -0.4 is 20.1 Å². The van der Waals surface area contributed by atoms with Crippen molar-refractivity contribution in [1.29, 1.82) is 0 Å². The molecule has 6 aromatic rings. The summed E-state index contributed by atoms with van der Waals surface area (Å²) < 4.78 is 13.0. The molecule has 3 heterocycles. The highest BCUT2D eigenvalue weighted by molar-refractivity contribution is 5.84. The van der Waals surface area contributed by atoms with E-state index in [1.807, 2.05) is 59.2 Å². The van der Waals surface area contributed by atoms with Crippen LogP contribution in [0.25, 0.3) is 22.3 Å². The Labute approximate surface area is 255 Å². The first-order valence-corrected chi connectivity index (χ1v) is 14.6. The largest absolute Gasteiger partial charge is 0.454 e. The summed E-state index contributed by atoms with van der Waals surface area (Å²) in [6, 6.07) is 34.6. The molecule has 4 aromatic carbocycles. The van der Waals surface area contributed by atoms with Gasteiger partial charge in [-0.2, -0.15) is 9.97 Å². The van der Waals surface area contributed by atoms with Gasteiger partial charge in [-0.05, 0) is 46.4 Å². The highest BCUT2D eigenvalue weighted by Gasteiger charge is 2.18. The quantitative estimate of drug-likeness (QED) is 0.173. The SMILES string of the molecule is OC[C@H](Cc1ccccc1)Nc1nc(NCc2ccc3c(c2)OCO3)nc2c1ncn2Cc1ccc(-c2ccccc2)cc1. The minimum atomic E-state index is -0.257. The van der Waals surface area contributed by atoms with E-state index in [1.54, 1.807) is 6.33 Å². The van der Waals surface area contributed by atoms with Crippen molar-refractivity contribution >= 4 is 22.9 Å². The van der Waals surface area contributed by atoms with Gasteiger partial charge in [0.15, 0.2) is 28.5 Å². The Bertz CT molecular complexity index is 1860. The molecule has 9 heteroatoms. The molecule has 0 radical (unpaired) electrons. The predicted octanol–water partition coefficient (Wildman–Crippen LogP) is 5.90. The maximum Gasteiger partial charge on any atom is 0.231 e. The summed E-state index contributed by atoms with van der Waals surface area (Å²) in [5, 5.41) is 17.1. The van der Waals surface area contributed by atoms with Crippen LogP contribution in [0.5, 0.6) is 11.5 Å². The summed E-state index contributed by atoms with van der Waals surface area (Å²) in [4.78, 5) is 14.4. The number of anilines is 2. The smallest absolute Gasteiger partial charge is 0.231 e. The molecular weight excluding hydrogens is 552 g/mol. The van der Waals surface area contributed by atoms with Crippen molar-refractivity contribution in [3.63, 3.8) is 0 Å². The number of nitrogens with one attached hydrogen (secondary N) is 2. The normalized spacial score (nSPS) is 12.8. The van der Waals surface area contributed by atoms with Gasteiger partial charge < -0.3 is 29.8 Å². The lowest BCUT2D eigenvalue weighted by molar-refractivity contribution is 0.174. The van der Waals surface area contributed by atoms with Crippen molar-refractivity contribution < 1.29 is 14.6 Å². The van der Waals surface area contributed by atoms with Gasteiger partial charge in [-0.3, -0.25) is 0 Å². The monoisotopic (exact) mass is 584 g/mol. The van der Waals surface area contributed by atoms with Gasteiger partial charge in [0.05, 0.1) is 25.5 Å². The zero-order chi connectivity index (χ0) is 29.7. The Hall–Kier alpha value is -5.41. The third-order valence-corrected chi connectivity index (χ3v) is 7.65. The molecule has 3 N–H and O–H groups in total. The summed E-state index contributed by atoms with van der Waals surface area (Å²) in [6.45, 7) is 1.25. The van der Waals surface area contributed by atoms with E-state index in [4.69, 9.17) is 24.4 Å². The lowest BCUT2D eigenvalue weighted by atomic mass is 10.0. The van der Waals surface area contributed by atoms with Crippen molar-refractivity contribution in [2.75, 3.05) is 24.0 Å². The summed E-state index contributed by atoms with van der Waals surface area (Å²) >= 11 is 0.